The Labute approximate surface area is 182 Å². The third-order valence-electron chi connectivity index (χ3n) is 4.50. The van der Waals surface area contributed by atoms with Gasteiger partial charge in [-0.25, -0.2) is 9.59 Å². The fourth-order valence-corrected chi connectivity index (χ4v) is 3.14. The van der Waals surface area contributed by atoms with Gasteiger partial charge in [0.05, 0.1) is 18.6 Å². The normalized spacial score (nSPS) is 10.8. The highest BCUT2D eigenvalue weighted by atomic mass is 16.6. The molecule has 0 aliphatic heterocycles. The van der Waals surface area contributed by atoms with Crippen molar-refractivity contribution in [2.24, 2.45) is 0 Å². The van der Waals surface area contributed by atoms with Crippen LogP contribution in [0.1, 0.15) is 54.4 Å². The molecule has 9 heteroatoms. The van der Waals surface area contributed by atoms with Crippen molar-refractivity contribution in [1.29, 1.82) is 0 Å². The van der Waals surface area contributed by atoms with Gasteiger partial charge >= 0.3 is 17.9 Å². The first kappa shape index (κ1) is 22.8. The molecule has 0 saturated heterocycles. The van der Waals surface area contributed by atoms with Crippen molar-refractivity contribution < 1.29 is 37.4 Å². The molecule has 0 bridgehead atoms. The van der Waals surface area contributed by atoms with Gasteiger partial charge in [0, 0.05) is 13.0 Å². The van der Waals surface area contributed by atoms with Gasteiger partial charge in [0.15, 0.2) is 0 Å². The fraction of sp³-hybridized carbons (Fsp3) is 0.304. The summed E-state index contributed by atoms with van der Waals surface area (Å²) in [4.78, 5) is 49.4. The van der Waals surface area contributed by atoms with Crippen LogP contribution in [0.25, 0.3) is 22.3 Å². The highest BCUT2D eigenvalue weighted by molar-refractivity contribution is 5.97. The van der Waals surface area contributed by atoms with E-state index in [-0.39, 0.29) is 47.0 Å². The van der Waals surface area contributed by atoms with Crippen molar-refractivity contribution in [3.8, 4) is 17.1 Å². The first-order chi connectivity index (χ1) is 15.3. The number of hydrogen-bond acceptors (Lipinski definition) is 9. The molecule has 168 valence electrons. The topological polar surface area (TPSA) is 122 Å². The highest BCUT2D eigenvalue weighted by Gasteiger charge is 2.27. The minimum atomic E-state index is -0.885. The monoisotopic (exact) mass is 442 g/mol. The summed E-state index contributed by atoms with van der Waals surface area (Å²) in [5, 5.41) is 0.148. The van der Waals surface area contributed by atoms with E-state index in [4.69, 9.17) is 23.0 Å². The molecule has 9 nitrogen and oxygen atoms in total. The Morgan fingerprint density at radius 3 is 2.25 bits per heavy atom. The molecule has 0 atom stereocenters. The SMILES string of the molecule is CCOC(=O)c1ccc(-c2c(C(=O)OCC)oc3cc(OC(C)=O)c(CC)cc3c2=O)o1. The molecule has 2 heterocycles. The van der Waals surface area contributed by atoms with Gasteiger partial charge in [0.2, 0.25) is 16.9 Å². The van der Waals surface area contributed by atoms with E-state index in [0.29, 0.717) is 12.0 Å². The summed E-state index contributed by atoms with van der Waals surface area (Å²) in [7, 11) is 0. The van der Waals surface area contributed by atoms with Gasteiger partial charge in [-0.15, -0.1) is 0 Å². The van der Waals surface area contributed by atoms with Crippen molar-refractivity contribution in [3.63, 3.8) is 0 Å². The van der Waals surface area contributed by atoms with Crippen molar-refractivity contribution in [1.82, 2.24) is 0 Å². The van der Waals surface area contributed by atoms with Gasteiger partial charge in [-0.05, 0) is 44.0 Å². The standard InChI is InChI=1S/C23H22O9/c1-5-13-10-14-18(11-17(13)30-12(4)24)32-21(23(27)29-7-3)19(20(14)25)15-8-9-16(31-15)22(26)28-6-2/h8-11H,5-7H2,1-4H3. The molecule has 0 saturated carbocycles. The Kier molecular flexibility index (Phi) is 6.77. The largest absolute Gasteiger partial charge is 0.460 e. The number of ether oxygens (including phenoxy) is 3. The molecule has 3 rings (SSSR count). The Bertz CT molecular complexity index is 1250. The van der Waals surface area contributed by atoms with Crippen LogP contribution >= 0.6 is 0 Å². The number of benzene rings is 1. The maximum atomic E-state index is 13.4. The maximum absolute atomic E-state index is 13.4. The van der Waals surface area contributed by atoms with Gasteiger partial charge in [0.1, 0.15) is 22.7 Å². The van der Waals surface area contributed by atoms with Crippen molar-refractivity contribution in [2.45, 2.75) is 34.1 Å². The summed E-state index contributed by atoms with van der Waals surface area (Å²) in [6.07, 6.45) is 0.473. The van der Waals surface area contributed by atoms with Gasteiger partial charge in [-0.2, -0.15) is 0 Å². The minimum Gasteiger partial charge on any atom is -0.460 e. The lowest BCUT2D eigenvalue weighted by atomic mass is 10.0. The number of hydrogen-bond donors (Lipinski definition) is 0. The van der Waals surface area contributed by atoms with Gasteiger partial charge < -0.3 is 23.0 Å². The number of rotatable bonds is 7. The Morgan fingerprint density at radius 1 is 0.938 bits per heavy atom. The van der Waals surface area contributed by atoms with E-state index < -0.39 is 29.1 Å². The molecule has 3 aromatic rings. The van der Waals surface area contributed by atoms with Gasteiger partial charge in [-0.1, -0.05) is 6.92 Å². The number of aryl methyl sites for hydroxylation is 1. The number of fused-ring (bicyclic) bond motifs is 1. The summed E-state index contributed by atoms with van der Waals surface area (Å²) in [5.74, 6) is -2.48. The van der Waals surface area contributed by atoms with Crippen LogP contribution in [-0.2, 0) is 20.7 Å². The molecule has 0 N–H and O–H groups in total. The van der Waals surface area contributed by atoms with Crippen molar-refractivity contribution >= 4 is 28.9 Å². The second-order valence-electron chi connectivity index (χ2n) is 6.64. The summed E-state index contributed by atoms with van der Waals surface area (Å²) < 4.78 is 26.4. The zero-order chi connectivity index (χ0) is 23.4. The summed E-state index contributed by atoms with van der Waals surface area (Å²) in [6.45, 7) is 6.53. The van der Waals surface area contributed by atoms with Crippen LogP contribution in [0.3, 0.4) is 0 Å². The average Bonchev–Trinajstić information content (AvgIpc) is 3.23. The predicted octanol–water partition coefficient (Wildman–Crippen LogP) is 3.89. The molecule has 0 radical (unpaired) electrons. The number of esters is 3. The zero-order valence-corrected chi connectivity index (χ0v) is 18.1. The fourth-order valence-electron chi connectivity index (χ4n) is 3.14. The quantitative estimate of drug-likeness (QED) is 0.396. The molecular formula is C23H22O9. The minimum absolute atomic E-state index is 0.0347. The van der Waals surface area contributed by atoms with Gasteiger partial charge in [-0.3, -0.25) is 9.59 Å². The lowest BCUT2D eigenvalue weighted by molar-refractivity contribution is -0.131. The van der Waals surface area contributed by atoms with E-state index in [9.17, 15) is 19.2 Å². The second-order valence-corrected chi connectivity index (χ2v) is 6.64. The van der Waals surface area contributed by atoms with Crippen molar-refractivity contribution in [3.05, 3.63) is 51.6 Å². The molecule has 0 aliphatic rings. The Balaban J connectivity index is 2.28. The molecule has 0 aliphatic carbocycles. The highest BCUT2D eigenvalue weighted by Crippen LogP contribution is 2.31. The van der Waals surface area contributed by atoms with E-state index in [1.165, 1.54) is 31.2 Å². The van der Waals surface area contributed by atoms with Crippen LogP contribution in [0, 0.1) is 0 Å². The first-order valence-electron chi connectivity index (χ1n) is 10.1. The van der Waals surface area contributed by atoms with Crippen LogP contribution in [0.4, 0.5) is 0 Å². The van der Waals surface area contributed by atoms with E-state index in [2.05, 4.69) is 0 Å². The van der Waals surface area contributed by atoms with Gasteiger partial charge in [0.25, 0.3) is 0 Å². The zero-order valence-electron chi connectivity index (χ0n) is 18.1. The number of carbonyl (C=O) groups excluding carboxylic acids is 3. The first-order valence-corrected chi connectivity index (χ1v) is 10.1. The van der Waals surface area contributed by atoms with E-state index in [1.807, 2.05) is 6.92 Å². The third-order valence-corrected chi connectivity index (χ3v) is 4.50. The number of furan rings is 1. The molecule has 0 spiro atoms. The van der Waals surface area contributed by atoms with Crippen LogP contribution in [-0.4, -0.2) is 31.1 Å². The van der Waals surface area contributed by atoms with Crippen LogP contribution in [0.5, 0.6) is 5.75 Å². The van der Waals surface area contributed by atoms with E-state index >= 15 is 0 Å². The smallest absolute Gasteiger partial charge is 0.375 e. The molecule has 32 heavy (non-hydrogen) atoms. The Hall–Kier alpha value is -3.88. The van der Waals surface area contributed by atoms with Crippen molar-refractivity contribution in [2.75, 3.05) is 13.2 Å². The lowest BCUT2D eigenvalue weighted by Gasteiger charge is -2.11. The summed E-state index contributed by atoms with van der Waals surface area (Å²) in [5.41, 5.74) is -0.120. The molecule has 0 fully saturated rings. The molecule has 0 unspecified atom stereocenters. The maximum Gasteiger partial charge on any atom is 0.375 e. The van der Waals surface area contributed by atoms with E-state index in [1.54, 1.807) is 13.8 Å². The van der Waals surface area contributed by atoms with Crippen LogP contribution in [0.2, 0.25) is 0 Å². The number of carbonyl (C=O) groups is 3. The Morgan fingerprint density at radius 2 is 1.62 bits per heavy atom. The predicted molar refractivity (Wildman–Crippen MR) is 113 cm³/mol. The molecular weight excluding hydrogens is 420 g/mol. The molecule has 0 amide bonds. The second kappa shape index (κ2) is 9.51. The van der Waals surface area contributed by atoms with Crippen LogP contribution in [0.15, 0.2) is 37.9 Å². The summed E-state index contributed by atoms with van der Waals surface area (Å²) >= 11 is 0. The molecule has 1 aromatic carbocycles. The third kappa shape index (κ3) is 4.41. The summed E-state index contributed by atoms with van der Waals surface area (Å²) in [6, 6.07) is 5.64. The lowest BCUT2D eigenvalue weighted by Crippen LogP contribution is -2.15. The molecule has 2 aromatic heterocycles. The van der Waals surface area contributed by atoms with E-state index in [0.717, 1.165) is 0 Å². The van der Waals surface area contributed by atoms with Crippen LogP contribution < -0.4 is 10.2 Å². The average molecular weight is 442 g/mol.